The van der Waals surface area contributed by atoms with E-state index in [1.165, 1.54) is 5.56 Å². The molecule has 1 aromatic heterocycles. The van der Waals surface area contributed by atoms with Gasteiger partial charge in [-0.05, 0) is 28.8 Å². The topological polar surface area (TPSA) is 77.8 Å². The first kappa shape index (κ1) is 13.3. The zero-order valence-corrected chi connectivity index (χ0v) is 13.2. The van der Waals surface area contributed by atoms with Crippen molar-refractivity contribution < 1.29 is 0 Å². The van der Waals surface area contributed by atoms with Gasteiger partial charge in [0.2, 0.25) is 5.95 Å². The fourth-order valence-corrected chi connectivity index (χ4v) is 3.38. The third-order valence-corrected chi connectivity index (χ3v) is 4.53. The molecule has 0 bridgehead atoms. The lowest BCUT2D eigenvalue weighted by Gasteiger charge is -2.13. The molecule has 4 nitrogen and oxygen atoms in total. The number of aromatic nitrogens is 2. The van der Waals surface area contributed by atoms with Crippen molar-refractivity contribution in [3.63, 3.8) is 0 Å². The van der Waals surface area contributed by atoms with Gasteiger partial charge in [-0.1, -0.05) is 52.3 Å². The van der Waals surface area contributed by atoms with Gasteiger partial charge in [0.25, 0.3) is 0 Å². The summed E-state index contributed by atoms with van der Waals surface area (Å²) in [5, 5.41) is 0. The van der Waals surface area contributed by atoms with Crippen LogP contribution in [0.4, 0.5) is 11.8 Å². The highest BCUT2D eigenvalue weighted by Crippen LogP contribution is 2.49. The highest BCUT2D eigenvalue weighted by atomic mass is 79.9. The minimum Gasteiger partial charge on any atom is -0.383 e. The summed E-state index contributed by atoms with van der Waals surface area (Å²) in [6, 6.07) is 16.5. The van der Waals surface area contributed by atoms with Gasteiger partial charge >= 0.3 is 0 Å². The zero-order valence-electron chi connectivity index (χ0n) is 11.6. The third kappa shape index (κ3) is 1.89. The summed E-state index contributed by atoms with van der Waals surface area (Å²) in [6.45, 7) is 0. The van der Waals surface area contributed by atoms with E-state index in [4.69, 9.17) is 11.5 Å². The van der Waals surface area contributed by atoms with Crippen LogP contribution in [0.15, 0.2) is 53.0 Å². The van der Waals surface area contributed by atoms with E-state index in [9.17, 15) is 0 Å². The van der Waals surface area contributed by atoms with Crippen molar-refractivity contribution in [3.8, 4) is 11.1 Å². The van der Waals surface area contributed by atoms with Crippen molar-refractivity contribution in [1.82, 2.24) is 9.97 Å². The first-order valence-electron chi connectivity index (χ1n) is 6.93. The number of halogens is 1. The maximum absolute atomic E-state index is 6.11. The van der Waals surface area contributed by atoms with Crippen LogP contribution >= 0.6 is 15.9 Å². The van der Waals surface area contributed by atoms with E-state index in [0.29, 0.717) is 5.82 Å². The Balaban J connectivity index is 2.02. The Hall–Kier alpha value is -2.40. The van der Waals surface area contributed by atoms with Crippen molar-refractivity contribution in [2.45, 2.75) is 5.92 Å². The van der Waals surface area contributed by atoms with Crippen molar-refractivity contribution >= 4 is 27.7 Å². The number of fused-ring (bicyclic) bond motifs is 3. The summed E-state index contributed by atoms with van der Waals surface area (Å²) in [5.74, 6) is 0.688. The Morgan fingerprint density at radius 3 is 2.41 bits per heavy atom. The minimum absolute atomic E-state index is 0.0342. The molecule has 0 fully saturated rings. The molecule has 4 rings (SSSR count). The molecule has 4 N–H and O–H groups in total. The number of benzene rings is 2. The van der Waals surface area contributed by atoms with Crippen LogP contribution in [0.3, 0.4) is 0 Å². The Kier molecular flexibility index (Phi) is 2.90. The molecule has 0 radical (unpaired) electrons. The molecule has 1 aliphatic carbocycles. The molecule has 2 aromatic carbocycles. The van der Waals surface area contributed by atoms with Gasteiger partial charge in [0.15, 0.2) is 0 Å². The predicted molar refractivity (Wildman–Crippen MR) is 91.4 cm³/mol. The van der Waals surface area contributed by atoms with Crippen LogP contribution in [0.2, 0.25) is 0 Å². The lowest BCUT2D eigenvalue weighted by molar-refractivity contribution is 0.946. The average Bonchev–Trinajstić information content (AvgIpc) is 2.82. The summed E-state index contributed by atoms with van der Waals surface area (Å²) < 4.78 is 1.05. The third-order valence-electron chi connectivity index (χ3n) is 4.00. The van der Waals surface area contributed by atoms with Gasteiger partial charge in [0, 0.05) is 10.0 Å². The van der Waals surface area contributed by atoms with E-state index in [2.05, 4.69) is 50.2 Å². The van der Waals surface area contributed by atoms with Crippen molar-refractivity contribution in [2.75, 3.05) is 11.5 Å². The summed E-state index contributed by atoms with van der Waals surface area (Å²) in [5.41, 5.74) is 17.1. The largest absolute Gasteiger partial charge is 0.383 e. The van der Waals surface area contributed by atoms with E-state index < -0.39 is 0 Å². The van der Waals surface area contributed by atoms with Crippen molar-refractivity contribution in [1.29, 1.82) is 0 Å². The fraction of sp³-hybridized carbons (Fsp3) is 0.0588. The number of rotatable bonds is 1. The van der Waals surface area contributed by atoms with Crippen LogP contribution in [0.1, 0.15) is 22.7 Å². The van der Waals surface area contributed by atoms with Gasteiger partial charge in [-0.2, -0.15) is 4.98 Å². The molecule has 3 aromatic rings. The Morgan fingerprint density at radius 2 is 1.64 bits per heavy atom. The predicted octanol–water partition coefficient (Wildman–Crippen LogP) is 3.56. The number of anilines is 2. The summed E-state index contributed by atoms with van der Waals surface area (Å²) >= 11 is 3.48. The molecule has 0 amide bonds. The van der Waals surface area contributed by atoms with Crippen LogP contribution in [-0.4, -0.2) is 9.97 Å². The van der Waals surface area contributed by atoms with Crippen LogP contribution in [-0.2, 0) is 0 Å². The summed E-state index contributed by atoms with van der Waals surface area (Å²) in [4.78, 5) is 8.61. The molecule has 1 atom stereocenters. The van der Waals surface area contributed by atoms with Gasteiger partial charge in [-0.3, -0.25) is 0 Å². The lowest BCUT2D eigenvalue weighted by Crippen LogP contribution is -2.07. The summed E-state index contributed by atoms with van der Waals surface area (Å²) in [7, 11) is 0. The summed E-state index contributed by atoms with van der Waals surface area (Å²) in [6.07, 6.45) is 0. The Bertz CT molecular complexity index is 874. The number of hydrogen-bond acceptors (Lipinski definition) is 4. The van der Waals surface area contributed by atoms with Gasteiger partial charge in [0.05, 0.1) is 11.6 Å². The second-order valence-electron chi connectivity index (χ2n) is 5.30. The second kappa shape index (κ2) is 4.81. The average molecular weight is 353 g/mol. The molecule has 1 aliphatic rings. The van der Waals surface area contributed by atoms with Gasteiger partial charge in [-0.15, -0.1) is 0 Å². The minimum atomic E-state index is 0.0342. The monoisotopic (exact) mass is 352 g/mol. The SMILES string of the molecule is Nc1nc(N)c2c(n1)C(c1ccc(Br)cc1)c1ccccc1-2. The normalized spacial score (nSPS) is 15.4. The molecule has 1 unspecified atom stereocenters. The van der Waals surface area contributed by atoms with Crippen LogP contribution in [0, 0.1) is 0 Å². The molecule has 1 heterocycles. The quantitative estimate of drug-likeness (QED) is 0.548. The molecule has 5 heteroatoms. The molecule has 0 spiro atoms. The van der Waals surface area contributed by atoms with Crippen molar-refractivity contribution in [2.24, 2.45) is 0 Å². The number of nitrogen functional groups attached to an aromatic ring is 2. The smallest absolute Gasteiger partial charge is 0.222 e. The van der Waals surface area contributed by atoms with E-state index in [1.54, 1.807) is 0 Å². The fourth-order valence-electron chi connectivity index (χ4n) is 3.12. The molecule has 108 valence electrons. The van der Waals surface area contributed by atoms with E-state index in [0.717, 1.165) is 26.9 Å². The molecule has 0 saturated carbocycles. The van der Waals surface area contributed by atoms with Crippen molar-refractivity contribution in [3.05, 3.63) is 69.8 Å². The van der Waals surface area contributed by atoms with E-state index in [1.807, 2.05) is 24.3 Å². The molecular formula is C17H13BrN4. The maximum Gasteiger partial charge on any atom is 0.222 e. The zero-order chi connectivity index (χ0) is 15.3. The van der Waals surface area contributed by atoms with Crippen LogP contribution < -0.4 is 11.5 Å². The number of hydrogen-bond donors (Lipinski definition) is 2. The molecule has 22 heavy (non-hydrogen) atoms. The van der Waals surface area contributed by atoms with Gasteiger partial charge in [0.1, 0.15) is 5.82 Å². The highest BCUT2D eigenvalue weighted by molar-refractivity contribution is 9.10. The molecule has 0 saturated heterocycles. The van der Waals surface area contributed by atoms with Crippen LogP contribution in [0.5, 0.6) is 0 Å². The van der Waals surface area contributed by atoms with Crippen LogP contribution in [0.25, 0.3) is 11.1 Å². The number of nitrogens with zero attached hydrogens (tertiary/aromatic N) is 2. The van der Waals surface area contributed by atoms with E-state index >= 15 is 0 Å². The Morgan fingerprint density at radius 1 is 0.909 bits per heavy atom. The Labute approximate surface area is 136 Å². The second-order valence-corrected chi connectivity index (χ2v) is 6.21. The maximum atomic E-state index is 6.11. The van der Waals surface area contributed by atoms with Gasteiger partial charge in [-0.25, -0.2) is 4.98 Å². The van der Waals surface area contributed by atoms with E-state index in [-0.39, 0.29) is 11.9 Å². The standard InChI is InChI=1S/C17H13BrN4/c18-10-7-5-9(6-8-10)13-11-3-1-2-4-12(11)14-15(13)21-17(20)22-16(14)19/h1-8,13H,(H4,19,20,21,22). The number of nitrogens with two attached hydrogens (primary N) is 2. The molecular weight excluding hydrogens is 340 g/mol. The first-order valence-corrected chi connectivity index (χ1v) is 7.72. The molecule has 0 aliphatic heterocycles. The lowest BCUT2D eigenvalue weighted by atomic mass is 9.92. The van der Waals surface area contributed by atoms with Gasteiger partial charge < -0.3 is 11.5 Å². The first-order chi connectivity index (χ1) is 10.6. The highest BCUT2D eigenvalue weighted by Gasteiger charge is 2.33.